The van der Waals surface area contributed by atoms with E-state index in [2.05, 4.69) is 11.9 Å². The van der Waals surface area contributed by atoms with Gasteiger partial charge in [-0.15, -0.1) is 0 Å². The molecule has 0 amide bonds. The monoisotopic (exact) mass is 194 g/mol. The van der Waals surface area contributed by atoms with E-state index in [9.17, 15) is 0 Å². The van der Waals surface area contributed by atoms with Crippen LogP contribution in [0.15, 0.2) is 18.3 Å². The summed E-state index contributed by atoms with van der Waals surface area (Å²) in [5, 5.41) is 0. The second-order valence-corrected chi connectivity index (χ2v) is 3.45. The van der Waals surface area contributed by atoms with Crippen molar-refractivity contribution in [3.63, 3.8) is 0 Å². The molecule has 1 heterocycles. The van der Waals surface area contributed by atoms with E-state index in [1.54, 1.807) is 6.20 Å². The Morgan fingerprint density at radius 1 is 1.57 bits per heavy atom. The highest BCUT2D eigenvalue weighted by Gasteiger charge is 2.05. The highest BCUT2D eigenvalue weighted by molar-refractivity contribution is 5.25. The fourth-order valence-electron chi connectivity index (χ4n) is 1.28. The zero-order chi connectivity index (χ0) is 10.4. The molecule has 1 aromatic heterocycles. The first kappa shape index (κ1) is 11.0. The summed E-state index contributed by atoms with van der Waals surface area (Å²) in [6.45, 7) is 4.73. The van der Waals surface area contributed by atoms with Gasteiger partial charge in [-0.1, -0.05) is 0 Å². The molecule has 0 aliphatic rings. The van der Waals surface area contributed by atoms with Crippen LogP contribution in [0.3, 0.4) is 0 Å². The zero-order valence-electron chi connectivity index (χ0n) is 8.86. The van der Waals surface area contributed by atoms with Gasteiger partial charge in [-0.05, 0) is 45.4 Å². The van der Waals surface area contributed by atoms with Gasteiger partial charge in [0.05, 0.1) is 11.8 Å². The molecule has 0 spiro atoms. The van der Waals surface area contributed by atoms with Gasteiger partial charge < -0.3 is 10.5 Å². The second kappa shape index (κ2) is 5.60. The summed E-state index contributed by atoms with van der Waals surface area (Å²) in [6, 6.07) is 3.83. The van der Waals surface area contributed by atoms with Crippen LogP contribution in [0.25, 0.3) is 0 Å². The molecule has 0 bridgehead atoms. The number of rotatable bonds is 5. The average Bonchev–Trinajstić information content (AvgIpc) is 2.18. The van der Waals surface area contributed by atoms with Crippen molar-refractivity contribution in [1.82, 2.24) is 4.98 Å². The van der Waals surface area contributed by atoms with E-state index in [1.165, 1.54) is 0 Å². The maximum atomic E-state index is 5.73. The van der Waals surface area contributed by atoms with Crippen LogP contribution in [-0.4, -0.2) is 17.6 Å². The van der Waals surface area contributed by atoms with Crippen molar-refractivity contribution in [3.8, 4) is 5.75 Å². The van der Waals surface area contributed by atoms with Crippen molar-refractivity contribution in [2.45, 2.75) is 32.8 Å². The van der Waals surface area contributed by atoms with E-state index in [0.29, 0.717) is 0 Å². The molecule has 0 aliphatic carbocycles. The first-order valence-corrected chi connectivity index (χ1v) is 5.02. The van der Waals surface area contributed by atoms with Gasteiger partial charge in [0.25, 0.3) is 0 Å². The summed E-state index contributed by atoms with van der Waals surface area (Å²) < 4.78 is 5.73. The predicted molar refractivity (Wildman–Crippen MR) is 57.4 cm³/mol. The van der Waals surface area contributed by atoms with Crippen molar-refractivity contribution in [2.24, 2.45) is 5.73 Å². The van der Waals surface area contributed by atoms with Gasteiger partial charge in [0.2, 0.25) is 0 Å². The molecule has 3 heteroatoms. The number of pyridine rings is 1. The Morgan fingerprint density at radius 2 is 2.36 bits per heavy atom. The zero-order valence-corrected chi connectivity index (χ0v) is 8.86. The molecule has 1 atom stereocenters. The third-order valence-corrected chi connectivity index (χ3v) is 2.10. The summed E-state index contributed by atoms with van der Waals surface area (Å²) in [7, 11) is 0. The Morgan fingerprint density at radius 3 is 3.00 bits per heavy atom. The number of nitrogens with two attached hydrogens (primary N) is 1. The van der Waals surface area contributed by atoms with Crippen molar-refractivity contribution < 1.29 is 4.74 Å². The largest absolute Gasteiger partial charge is 0.489 e. The predicted octanol–water partition coefficient (Wildman–Crippen LogP) is 1.90. The van der Waals surface area contributed by atoms with Crippen molar-refractivity contribution in [1.29, 1.82) is 0 Å². The Labute approximate surface area is 85.3 Å². The van der Waals surface area contributed by atoms with Gasteiger partial charge in [0, 0.05) is 6.20 Å². The lowest BCUT2D eigenvalue weighted by molar-refractivity contribution is 0.206. The van der Waals surface area contributed by atoms with Gasteiger partial charge in [-0.25, -0.2) is 0 Å². The van der Waals surface area contributed by atoms with E-state index in [4.69, 9.17) is 10.5 Å². The van der Waals surface area contributed by atoms with Crippen LogP contribution in [0.2, 0.25) is 0 Å². The van der Waals surface area contributed by atoms with Crippen LogP contribution in [-0.2, 0) is 0 Å². The Balaban J connectivity index is 2.47. The van der Waals surface area contributed by atoms with E-state index >= 15 is 0 Å². The maximum Gasteiger partial charge on any atom is 0.140 e. The van der Waals surface area contributed by atoms with Gasteiger partial charge >= 0.3 is 0 Å². The lowest BCUT2D eigenvalue weighted by Crippen LogP contribution is -2.14. The number of ether oxygens (including phenoxy) is 1. The number of hydrogen-bond acceptors (Lipinski definition) is 3. The van der Waals surface area contributed by atoms with E-state index < -0.39 is 0 Å². The Kier molecular flexibility index (Phi) is 4.40. The average molecular weight is 194 g/mol. The normalized spacial score (nSPS) is 12.5. The van der Waals surface area contributed by atoms with E-state index in [1.807, 2.05) is 19.1 Å². The minimum Gasteiger partial charge on any atom is -0.489 e. The van der Waals surface area contributed by atoms with Gasteiger partial charge in [-0.3, -0.25) is 4.98 Å². The van der Waals surface area contributed by atoms with Crippen LogP contribution >= 0.6 is 0 Å². The lowest BCUT2D eigenvalue weighted by Gasteiger charge is -2.15. The fraction of sp³-hybridized carbons (Fsp3) is 0.545. The van der Waals surface area contributed by atoms with Crippen LogP contribution < -0.4 is 10.5 Å². The molecule has 2 N–H and O–H groups in total. The Bertz CT molecular complexity index is 276. The molecule has 1 aromatic rings. The number of aryl methyl sites for hydroxylation is 1. The lowest BCUT2D eigenvalue weighted by atomic mass is 10.2. The minimum absolute atomic E-state index is 0.210. The first-order valence-electron chi connectivity index (χ1n) is 5.02. The van der Waals surface area contributed by atoms with Gasteiger partial charge in [0.15, 0.2) is 0 Å². The summed E-state index contributed by atoms with van der Waals surface area (Å²) in [4.78, 5) is 4.16. The van der Waals surface area contributed by atoms with Gasteiger partial charge in [-0.2, -0.15) is 0 Å². The summed E-state index contributed by atoms with van der Waals surface area (Å²) in [6.07, 6.45) is 3.97. The smallest absolute Gasteiger partial charge is 0.140 e. The van der Waals surface area contributed by atoms with E-state index in [0.717, 1.165) is 30.8 Å². The maximum absolute atomic E-state index is 5.73. The summed E-state index contributed by atoms with van der Waals surface area (Å²) in [5.74, 6) is 0.872. The molecule has 78 valence electrons. The van der Waals surface area contributed by atoms with Crippen molar-refractivity contribution in [3.05, 3.63) is 24.0 Å². The quantitative estimate of drug-likeness (QED) is 0.778. The summed E-state index contributed by atoms with van der Waals surface area (Å²) in [5.41, 5.74) is 6.37. The third-order valence-electron chi connectivity index (χ3n) is 2.10. The highest BCUT2D eigenvalue weighted by Crippen LogP contribution is 2.16. The fourth-order valence-corrected chi connectivity index (χ4v) is 1.28. The molecule has 0 aliphatic heterocycles. The van der Waals surface area contributed by atoms with Gasteiger partial charge in [0.1, 0.15) is 5.75 Å². The first-order chi connectivity index (χ1) is 6.74. The van der Waals surface area contributed by atoms with Crippen LogP contribution in [0.4, 0.5) is 0 Å². The third kappa shape index (κ3) is 3.34. The summed E-state index contributed by atoms with van der Waals surface area (Å²) >= 11 is 0. The highest BCUT2D eigenvalue weighted by atomic mass is 16.5. The topological polar surface area (TPSA) is 48.1 Å². The van der Waals surface area contributed by atoms with Crippen molar-refractivity contribution >= 4 is 0 Å². The molecule has 1 unspecified atom stereocenters. The molecule has 0 saturated carbocycles. The molecule has 0 aromatic carbocycles. The molecule has 0 fully saturated rings. The van der Waals surface area contributed by atoms with Crippen LogP contribution in [0.1, 0.15) is 25.5 Å². The number of aromatic nitrogens is 1. The SMILES string of the molecule is Cc1ncccc1OC(C)CCCN. The minimum atomic E-state index is 0.210. The molecular weight excluding hydrogens is 176 g/mol. The Hall–Kier alpha value is -1.09. The molecule has 0 saturated heterocycles. The van der Waals surface area contributed by atoms with Crippen LogP contribution in [0, 0.1) is 6.92 Å². The number of nitrogens with zero attached hydrogens (tertiary/aromatic N) is 1. The second-order valence-electron chi connectivity index (χ2n) is 3.45. The molecule has 14 heavy (non-hydrogen) atoms. The number of hydrogen-bond donors (Lipinski definition) is 1. The molecular formula is C11H18N2O. The molecule has 1 rings (SSSR count). The molecule has 3 nitrogen and oxygen atoms in total. The van der Waals surface area contributed by atoms with Crippen LogP contribution in [0.5, 0.6) is 5.75 Å². The van der Waals surface area contributed by atoms with Crippen molar-refractivity contribution in [2.75, 3.05) is 6.54 Å². The standard InChI is InChI=1S/C11H18N2O/c1-9(5-3-7-12)14-11-6-4-8-13-10(11)2/h4,6,8-9H,3,5,7,12H2,1-2H3. The molecule has 0 radical (unpaired) electrons. The van der Waals surface area contributed by atoms with E-state index in [-0.39, 0.29) is 6.10 Å².